The molecule has 0 spiro atoms. The zero-order valence-electron chi connectivity index (χ0n) is 11.3. The van der Waals surface area contributed by atoms with Gasteiger partial charge in [0.25, 0.3) is 5.91 Å². The van der Waals surface area contributed by atoms with E-state index in [2.05, 4.69) is 10.3 Å². The number of carbonyl (C=O) groups is 1. The molecule has 1 heterocycles. The van der Waals surface area contributed by atoms with Crippen LogP contribution in [0.15, 0.2) is 30.6 Å². The second-order valence-electron chi connectivity index (χ2n) is 4.61. The van der Waals surface area contributed by atoms with Gasteiger partial charge in [0.1, 0.15) is 0 Å². The van der Waals surface area contributed by atoms with Crippen LogP contribution in [0.2, 0.25) is 0 Å². The van der Waals surface area contributed by atoms with Gasteiger partial charge in [-0.1, -0.05) is 6.07 Å². The lowest BCUT2D eigenvalue weighted by Crippen LogP contribution is -2.14. The van der Waals surface area contributed by atoms with Gasteiger partial charge in [-0.3, -0.25) is 9.78 Å². The Kier molecular flexibility index (Phi) is 3.51. The van der Waals surface area contributed by atoms with Crippen LogP contribution >= 0.6 is 0 Å². The molecule has 1 aromatic heterocycles. The molecule has 1 aromatic carbocycles. The summed E-state index contributed by atoms with van der Waals surface area (Å²) in [5.74, 6) is -0.438. The fraction of sp³-hybridized carbons (Fsp3) is 0.200. The predicted molar refractivity (Wildman–Crippen MR) is 76.7 cm³/mol. The van der Waals surface area contributed by atoms with E-state index in [1.54, 1.807) is 18.5 Å². The van der Waals surface area contributed by atoms with E-state index in [4.69, 9.17) is 5.73 Å². The van der Waals surface area contributed by atoms with Gasteiger partial charge in [-0.2, -0.15) is 0 Å². The van der Waals surface area contributed by atoms with Gasteiger partial charge in [0.2, 0.25) is 0 Å². The van der Waals surface area contributed by atoms with Crippen LogP contribution in [-0.2, 0) is 0 Å². The fourth-order valence-electron chi connectivity index (χ4n) is 1.91. The summed E-state index contributed by atoms with van der Waals surface area (Å²) in [5.41, 5.74) is 10.7. The van der Waals surface area contributed by atoms with Crippen molar-refractivity contribution >= 4 is 17.3 Å². The standard InChI is InChI=1S/C15H17N3O/c1-9-4-5-12(15(16)19)14(11(9)3)18-13-8-17-7-6-10(13)2/h4-8,18H,1-3H3,(H2,16,19). The summed E-state index contributed by atoms with van der Waals surface area (Å²) in [4.78, 5) is 15.6. The van der Waals surface area contributed by atoms with Crippen LogP contribution in [0.3, 0.4) is 0 Å². The van der Waals surface area contributed by atoms with Gasteiger partial charge in [-0.25, -0.2) is 0 Å². The average Bonchev–Trinajstić information content (AvgIpc) is 2.37. The van der Waals surface area contributed by atoms with Crippen LogP contribution in [0, 0.1) is 20.8 Å². The van der Waals surface area contributed by atoms with Crippen LogP contribution in [0.1, 0.15) is 27.0 Å². The Morgan fingerprint density at radius 1 is 1.16 bits per heavy atom. The molecule has 1 amide bonds. The van der Waals surface area contributed by atoms with Crippen molar-refractivity contribution in [3.05, 3.63) is 52.8 Å². The molecule has 0 bridgehead atoms. The number of anilines is 2. The summed E-state index contributed by atoms with van der Waals surface area (Å²) in [7, 11) is 0. The highest BCUT2D eigenvalue weighted by Crippen LogP contribution is 2.28. The summed E-state index contributed by atoms with van der Waals surface area (Å²) < 4.78 is 0. The lowest BCUT2D eigenvalue weighted by molar-refractivity contribution is 0.100. The van der Waals surface area contributed by atoms with Crippen molar-refractivity contribution in [3.63, 3.8) is 0 Å². The van der Waals surface area contributed by atoms with Gasteiger partial charge in [-0.15, -0.1) is 0 Å². The molecular weight excluding hydrogens is 238 g/mol. The highest BCUT2D eigenvalue weighted by molar-refractivity contribution is 6.00. The van der Waals surface area contributed by atoms with Crippen LogP contribution in [0.4, 0.5) is 11.4 Å². The van der Waals surface area contributed by atoms with E-state index >= 15 is 0 Å². The van der Waals surface area contributed by atoms with E-state index < -0.39 is 5.91 Å². The highest BCUT2D eigenvalue weighted by Gasteiger charge is 2.13. The second-order valence-corrected chi connectivity index (χ2v) is 4.61. The number of aromatic nitrogens is 1. The number of benzene rings is 1. The fourth-order valence-corrected chi connectivity index (χ4v) is 1.91. The van der Waals surface area contributed by atoms with Gasteiger partial charge in [0, 0.05) is 6.20 Å². The highest BCUT2D eigenvalue weighted by atomic mass is 16.1. The minimum atomic E-state index is -0.438. The zero-order chi connectivity index (χ0) is 14.0. The van der Waals surface area contributed by atoms with Crippen molar-refractivity contribution in [2.75, 3.05) is 5.32 Å². The van der Waals surface area contributed by atoms with Crippen LogP contribution in [0.5, 0.6) is 0 Å². The number of nitrogens with two attached hydrogens (primary N) is 1. The van der Waals surface area contributed by atoms with Crippen molar-refractivity contribution < 1.29 is 4.79 Å². The molecule has 0 fully saturated rings. The van der Waals surface area contributed by atoms with Gasteiger partial charge in [-0.05, 0) is 49.6 Å². The maximum Gasteiger partial charge on any atom is 0.250 e. The van der Waals surface area contributed by atoms with Crippen molar-refractivity contribution in [1.82, 2.24) is 4.98 Å². The van der Waals surface area contributed by atoms with Crippen molar-refractivity contribution in [1.29, 1.82) is 0 Å². The zero-order valence-corrected chi connectivity index (χ0v) is 11.3. The summed E-state index contributed by atoms with van der Waals surface area (Å²) in [6, 6.07) is 5.56. The van der Waals surface area contributed by atoms with Gasteiger partial charge < -0.3 is 11.1 Å². The van der Waals surface area contributed by atoms with E-state index in [0.29, 0.717) is 5.56 Å². The molecule has 0 aliphatic carbocycles. The molecule has 0 unspecified atom stereocenters. The Morgan fingerprint density at radius 2 is 1.89 bits per heavy atom. The number of carbonyl (C=O) groups excluding carboxylic acids is 1. The first-order chi connectivity index (χ1) is 9.00. The number of hydrogen-bond acceptors (Lipinski definition) is 3. The van der Waals surface area contributed by atoms with Crippen molar-refractivity contribution in [2.45, 2.75) is 20.8 Å². The van der Waals surface area contributed by atoms with Gasteiger partial charge in [0.05, 0.1) is 23.1 Å². The Balaban J connectivity index is 2.53. The first-order valence-corrected chi connectivity index (χ1v) is 6.08. The molecule has 0 atom stereocenters. The summed E-state index contributed by atoms with van der Waals surface area (Å²) in [6.07, 6.45) is 3.47. The minimum Gasteiger partial charge on any atom is -0.366 e. The van der Waals surface area contributed by atoms with E-state index in [1.807, 2.05) is 32.9 Å². The number of nitrogens with zero attached hydrogens (tertiary/aromatic N) is 1. The molecular formula is C15H17N3O. The Morgan fingerprint density at radius 3 is 2.53 bits per heavy atom. The number of pyridine rings is 1. The van der Waals surface area contributed by atoms with Crippen molar-refractivity contribution in [3.8, 4) is 0 Å². The van der Waals surface area contributed by atoms with E-state index in [9.17, 15) is 4.79 Å². The second kappa shape index (κ2) is 5.10. The number of aryl methyl sites for hydroxylation is 2. The van der Waals surface area contributed by atoms with Crippen LogP contribution in [0.25, 0.3) is 0 Å². The largest absolute Gasteiger partial charge is 0.366 e. The van der Waals surface area contributed by atoms with Crippen LogP contribution in [-0.4, -0.2) is 10.9 Å². The first kappa shape index (κ1) is 13.1. The normalized spacial score (nSPS) is 10.3. The molecule has 19 heavy (non-hydrogen) atoms. The molecule has 0 radical (unpaired) electrons. The number of amides is 1. The maximum absolute atomic E-state index is 11.5. The molecule has 4 nitrogen and oxygen atoms in total. The molecule has 0 saturated carbocycles. The number of hydrogen-bond donors (Lipinski definition) is 2. The minimum absolute atomic E-state index is 0.438. The lowest BCUT2D eigenvalue weighted by atomic mass is 10.0. The molecule has 2 aromatic rings. The smallest absolute Gasteiger partial charge is 0.250 e. The third-order valence-corrected chi connectivity index (χ3v) is 3.30. The molecule has 0 aliphatic rings. The number of primary amides is 1. The Labute approximate surface area is 112 Å². The third kappa shape index (κ3) is 2.57. The summed E-state index contributed by atoms with van der Waals surface area (Å²) in [6.45, 7) is 5.95. The van der Waals surface area contributed by atoms with E-state index in [-0.39, 0.29) is 0 Å². The quantitative estimate of drug-likeness (QED) is 0.886. The monoisotopic (exact) mass is 255 g/mol. The van der Waals surface area contributed by atoms with Gasteiger partial charge >= 0.3 is 0 Å². The van der Waals surface area contributed by atoms with Crippen LogP contribution < -0.4 is 11.1 Å². The molecule has 2 rings (SSSR count). The SMILES string of the molecule is Cc1ccncc1Nc1c(C(N)=O)ccc(C)c1C. The number of rotatable bonds is 3. The summed E-state index contributed by atoms with van der Waals surface area (Å²) in [5, 5.41) is 3.27. The summed E-state index contributed by atoms with van der Waals surface area (Å²) >= 11 is 0. The molecule has 3 N–H and O–H groups in total. The molecule has 0 aliphatic heterocycles. The molecule has 98 valence electrons. The molecule has 0 saturated heterocycles. The Bertz CT molecular complexity index is 635. The third-order valence-electron chi connectivity index (χ3n) is 3.30. The molecule has 4 heteroatoms. The topological polar surface area (TPSA) is 68.0 Å². The van der Waals surface area contributed by atoms with E-state index in [0.717, 1.165) is 28.1 Å². The predicted octanol–water partition coefficient (Wildman–Crippen LogP) is 2.85. The first-order valence-electron chi connectivity index (χ1n) is 6.08. The number of nitrogens with one attached hydrogen (secondary N) is 1. The Hall–Kier alpha value is -2.36. The van der Waals surface area contributed by atoms with E-state index in [1.165, 1.54) is 0 Å². The van der Waals surface area contributed by atoms with Crippen molar-refractivity contribution in [2.24, 2.45) is 5.73 Å². The average molecular weight is 255 g/mol. The maximum atomic E-state index is 11.5. The van der Waals surface area contributed by atoms with Gasteiger partial charge in [0.15, 0.2) is 0 Å². The lowest BCUT2D eigenvalue weighted by Gasteiger charge is -2.16.